The fourth-order valence-electron chi connectivity index (χ4n) is 2.27. The Kier molecular flexibility index (Phi) is 7.77. The van der Waals surface area contributed by atoms with E-state index >= 15 is 0 Å². The molecular weight excluding hydrogens is 218 g/mol. The molecule has 0 spiro atoms. The lowest BCUT2D eigenvalue weighted by Gasteiger charge is -2.29. The fraction of sp³-hybridized carbons (Fsp3) is 1.00. The van der Waals surface area contributed by atoms with Gasteiger partial charge >= 0.3 is 0 Å². The molecule has 0 amide bonds. The standard InChI is InChI=1S/C13H27NO3/c1-11-5-3-4-6-13(11)17-10-12(15)9-14-7-8-16-2/h11-15H,3-10H2,1-2H3. The number of hydrogen-bond donors (Lipinski definition) is 2. The van der Waals surface area contributed by atoms with Gasteiger partial charge in [-0.3, -0.25) is 0 Å². The molecule has 3 atom stereocenters. The summed E-state index contributed by atoms with van der Waals surface area (Å²) in [4.78, 5) is 0. The second-order valence-corrected chi connectivity index (χ2v) is 4.98. The van der Waals surface area contributed by atoms with Crippen molar-refractivity contribution in [2.24, 2.45) is 5.92 Å². The van der Waals surface area contributed by atoms with Crippen LogP contribution in [0.15, 0.2) is 0 Å². The summed E-state index contributed by atoms with van der Waals surface area (Å²) in [5.74, 6) is 0.636. The third-order valence-corrected chi connectivity index (χ3v) is 3.40. The molecule has 0 saturated heterocycles. The number of aliphatic hydroxyl groups excluding tert-OH is 1. The number of ether oxygens (including phenoxy) is 2. The van der Waals surface area contributed by atoms with E-state index in [1.165, 1.54) is 19.3 Å². The summed E-state index contributed by atoms with van der Waals surface area (Å²) in [6, 6.07) is 0. The lowest BCUT2D eigenvalue weighted by Crippen LogP contribution is -2.35. The van der Waals surface area contributed by atoms with Crippen molar-refractivity contribution in [3.05, 3.63) is 0 Å². The fourth-order valence-corrected chi connectivity index (χ4v) is 2.27. The monoisotopic (exact) mass is 245 g/mol. The molecule has 1 aliphatic carbocycles. The lowest BCUT2D eigenvalue weighted by atomic mass is 9.88. The number of rotatable bonds is 8. The highest BCUT2D eigenvalue weighted by Crippen LogP contribution is 2.26. The third kappa shape index (κ3) is 6.36. The highest BCUT2D eigenvalue weighted by Gasteiger charge is 2.22. The highest BCUT2D eigenvalue weighted by atomic mass is 16.5. The average Bonchev–Trinajstić information content (AvgIpc) is 2.34. The number of hydrogen-bond acceptors (Lipinski definition) is 4. The van der Waals surface area contributed by atoms with Gasteiger partial charge < -0.3 is 19.9 Å². The molecule has 0 aliphatic heterocycles. The van der Waals surface area contributed by atoms with E-state index < -0.39 is 6.10 Å². The van der Waals surface area contributed by atoms with Gasteiger partial charge in [0.25, 0.3) is 0 Å². The van der Waals surface area contributed by atoms with E-state index in [1.54, 1.807) is 7.11 Å². The maximum atomic E-state index is 9.74. The van der Waals surface area contributed by atoms with Crippen LogP contribution in [-0.4, -0.2) is 50.7 Å². The second kappa shape index (κ2) is 8.86. The molecule has 102 valence electrons. The van der Waals surface area contributed by atoms with Crippen LogP contribution < -0.4 is 5.32 Å². The van der Waals surface area contributed by atoms with Crippen molar-refractivity contribution in [1.82, 2.24) is 5.32 Å². The molecule has 1 rings (SSSR count). The minimum Gasteiger partial charge on any atom is -0.389 e. The molecule has 0 aromatic carbocycles. The van der Waals surface area contributed by atoms with Gasteiger partial charge in [0, 0.05) is 20.2 Å². The zero-order valence-corrected chi connectivity index (χ0v) is 11.2. The van der Waals surface area contributed by atoms with Crippen molar-refractivity contribution in [3.63, 3.8) is 0 Å². The van der Waals surface area contributed by atoms with Gasteiger partial charge in [-0.1, -0.05) is 19.8 Å². The Morgan fingerprint density at radius 1 is 1.35 bits per heavy atom. The van der Waals surface area contributed by atoms with Crippen LogP contribution in [0.3, 0.4) is 0 Å². The summed E-state index contributed by atoms with van der Waals surface area (Å²) in [6.45, 7) is 4.70. The van der Waals surface area contributed by atoms with Gasteiger partial charge in [0.2, 0.25) is 0 Å². The van der Waals surface area contributed by atoms with Crippen LogP contribution in [-0.2, 0) is 9.47 Å². The largest absolute Gasteiger partial charge is 0.389 e. The lowest BCUT2D eigenvalue weighted by molar-refractivity contribution is -0.0452. The molecule has 4 nitrogen and oxygen atoms in total. The summed E-state index contributed by atoms with van der Waals surface area (Å²) in [5.41, 5.74) is 0. The van der Waals surface area contributed by atoms with E-state index in [2.05, 4.69) is 12.2 Å². The summed E-state index contributed by atoms with van der Waals surface area (Å²) in [7, 11) is 1.67. The van der Waals surface area contributed by atoms with Crippen molar-refractivity contribution in [2.45, 2.75) is 44.8 Å². The summed E-state index contributed by atoms with van der Waals surface area (Å²) in [5, 5.41) is 12.9. The summed E-state index contributed by atoms with van der Waals surface area (Å²) in [6.07, 6.45) is 4.91. The van der Waals surface area contributed by atoms with Crippen molar-refractivity contribution < 1.29 is 14.6 Å². The zero-order chi connectivity index (χ0) is 12.5. The van der Waals surface area contributed by atoms with Crippen LogP contribution in [0.5, 0.6) is 0 Å². The molecule has 1 aliphatic rings. The topological polar surface area (TPSA) is 50.7 Å². The minimum absolute atomic E-state index is 0.345. The van der Waals surface area contributed by atoms with Crippen molar-refractivity contribution in [1.29, 1.82) is 0 Å². The van der Waals surface area contributed by atoms with E-state index in [0.717, 1.165) is 13.0 Å². The number of nitrogens with one attached hydrogen (secondary N) is 1. The van der Waals surface area contributed by atoms with E-state index in [-0.39, 0.29) is 0 Å². The zero-order valence-electron chi connectivity index (χ0n) is 11.2. The van der Waals surface area contributed by atoms with Gasteiger partial charge in [-0.2, -0.15) is 0 Å². The molecule has 0 heterocycles. The normalized spacial score (nSPS) is 27.0. The Labute approximate surface area is 105 Å². The smallest absolute Gasteiger partial charge is 0.0897 e. The molecule has 0 aromatic rings. The van der Waals surface area contributed by atoms with Crippen LogP contribution in [0.2, 0.25) is 0 Å². The van der Waals surface area contributed by atoms with Gasteiger partial charge in [0.15, 0.2) is 0 Å². The molecule has 3 unspecified atom stereocenters. The number of aliphatic hydroxyl groups is 1. The van der Waals surface area contributed by atoms with Crippen LogP contribution in [0.4, 0.5) is 0 Å². The molecular formula is C13H27NO3. The minimum atomic E-state index is -0.416. The molecule has 1 fully saturated rings. The first-order valence-electron chi connectivity index (χ1n) is 6.73. The predicted molar refractivity (Wildman–Crippen MR) is 68.1 cm³/mol. The van der Waals surface area contributed by atoms with E-state index in [1.807, 2.05) is 0 Å². The average molecular weight is 245 g/mol. The molecule has 17 heavy (non-hydrogen) atoms. The highest BCUT2D eigenvalue weighted by molar-refractivity contribution is 4.73. The van der Waals surface area contributed by atoms with Crippen LogP contribution in [0, 0.1) is 5.92 Å². The van der Waals surface area contributed by atoms with Crippen LogP contribution in [0.25, 0.3) is 0 Å². The van der Waals surface area contributed by atoms with Crippen molar-refractivity contribution in [3.8, 4) is 0 Å². The molecule has 0 radical (unpaired) electrons. The predicted octanol–water partition coefficient (Wildman–Crippen LogP) is 1.18. The molecule has 4 heteroatoms. The first kappa shape index (κ1) is 14.9. The Hall–Kier alpha value is -0.160. The molecule has 0 bridgehead atoms. The second-order valence-electron chi connectivity index (χ2n) is 4.98. The molecule has 1 saturated carbocycles. The SMILES string of the molecule is COCCNCC(O)COC1CCCCC1C. The van der Waals surface area contributed by atoms with Gasteiger partial charge in [-0.15, -0.1) is 0 Å². The van der Waals surface area contributed by atoms with Crippen LogP contribution in [0.1, 0.15) is 32.6 Å². The quantitative estimate of drug-likeness (QED) is 0.631. The third-order valence-electron chi connectivity index (χ3n) is 3.40. The first-order chi connectivity index (χ1) is 8.24. The van der Waals surface area contributed by atoms with Crippen molar-refractivity contribution >= 4 is 0 Å². The van der Waals surface area contributed by atoms with Crippen molar-refractivity contribution in [2.75, 3.05) is 33.4 Å². The van der Waals surface area contributed by atoms with Crippen LogP contribution >= 0.6 is 0 Å². The van der Waals surface area contributed by atoms with Gasteiger partial charge in [-0.25, -0.2) is 0 Å². The summed E-state index contributed by atoms with van der Waals surface area (Å²) < 4.78 is 10.7. The van der Waals surface area contributed by atoms with E-state index in [9.17, 15) is 5.11 Å². The summed E-state index contributed by atoms with van der Waals surface area (Å²) >= 11 is 0. The Morgan fingerprint density at radius 2 is 2.12 bits per heavy atom. The van der Waals surface area contributed by atoms with Gasteiger partial charge in [0.05, 0.1) is 25.4 Å². The molecule has 0 aromatic heterocycles. The van der Waals surface area contributed by atoms with Gasteiger partial charge in [0.1, 0.15) is 0 Å². The van der Waals surface area contributed by atoms with Gasteiger partial charge in [-0.05, 0) is 18.8 Å². The van der Waals surface area contributed by atoms with E-state index in [0.29, 0.717) is 31.8 Å². The molecule has 2 N–H and O–H groups in total. The van der Waals surface area contributed by atoms with E-state index in [4.69, 9.17) is 9.47 Å². The maximum absolute atomic E-state index is 9.74. The Balaban J connectivity index is 2.03. The maximum Gasteiger partial charge on any atom is 0.0897 e. The Bertz CT molecular complexity index is 190. The first-order valence-corrected chi connectivity index (χ1v) is 6.73. The number of methoxy groups -OCH3 is 1. The Morgan fingerprint density at radius 3 is 2.82 bits per heavy atom.